The Bertz CT molecular complexity index is 1300. The van der Waals surface area contributed by atoms with Gasteiger partial charge < -0.3 is 24.3 Å². The number of unbranched alkanes of at least 4 members (excludes halogenated alkanes) is 4. The van der Waals surface area contributed by atoms with Crippen LogP contribution < -0.4 is 24.3 Å². The molecule has 1 N–H and O–H groups in total. The van der Waals surface area contributed by atoms with Gasteiger partial charge in [-0.3, -0.25) is 9.69 Å². The summed E-state index contributed by atoms with van der Waals surface area (Å²) >= 11 is 0. The van der Waals surface area contributed by atoms with Crippen molar-refractivity contribution in [2.45, 2.75) is 64.0 Å². The Labute approximate surface area is 251 Å². The SMILES string of the molecule is CCCCCCCNC(=O)[C@@H](c1ccccc1)N1CCc2cc(OC)c(OC)cc2C1Cc1ccc(OC)c(OC)c1. The van der Waals surface area contributed by atoms with Gasteiger partial charge in [-0.05, 0) is 65.8 Å². The van der Waals surface area contributed by atoms with E-state index in [1.165, 1.54) is 24.8 Å². The van der Waals surface area contributed by atoms with Crippen molar-refractivity contribution in [3.8, 4) is 23.0 Å². The molecule has 2 atom stereocenters. The minimum Gasteiger partial charge on any atom is -0.493 e. The summed E-state index contributed by atoms with van der Waals surface area (Å²) in [5.74, 6) is 2.82. The zero-order chi connectivity index (χ0) is 29.9. The predicted molar refractivity (Wildman–Crippen MR) is 167 cm³/mol. The van der Waals surface area contributed by atoms with E-state index >= 15 is 0 Å². The van der Waals surface area contributed by atoms with Crippen LogP contribution in [0.5, 0.6) is 23.0 Å². The van der Waals surface area contributed by atoms with E-state index in [9.17, 15) is 4.79 Å². The molecule has 0 aromatic heterocycles. The van der Waals surface area contributed by atoms with Crippen LogP contribution in [0.3, 0.4) is 0 Å². The monoisotopic (exact) mass is 574 g/mol. The van der Waals surface area contributed by atoms with Crippen LogP contribution in [0, 0.1) is 0 Å². The number of nitrogens with one attached hydrogen (secondary N) is 1. The summed E-state index contributed by atoms with van der Waals surface area (Å²) in [4.78, 5) is 16.4. The van der Waals surface area contributed by atoms with Crippen molar-refractivity contribution in [2.24, 2.45) is 0 Å². The zero-order valence-electron chi connectivity index (χ0n) is 25.8. The molecular weight excluding hydrogens is 528 g/mol. The second-order valence-corrected chi connectivity index (χ2v) is 10.8. The lowest BCUT2D eigenvalue weighted by atomic mass is 9.86. The van der Waals surface area contributed by atoms with Crippen LogP contribution in [0.15, 0.2) is 60.7 Å². The topological polar surface area (TPSA) is 69.3 Å². The molecule has 0 bridgehead atoms. The Hall–Kier alpha value is -3.71. The van der Waals surface area contributed by atoms with Gasteiger partial charge in [-0.25, -0.2) is 0 Å². The molecule has 0 spiro atoms. The molecule has 3 aromatic rings. The number of ether oxygens (including phenoxy) is 4. The van der Waals surface area contributed by atoms with Gasteiger partial charge >= 0.3 is 0 Å². The van der Waals surface area contributed by atoms with Crippen molar-refractivity contribution in [3.63, 3.8) is 0 Å². The molecule has 0 saturated carbocycles. The van der Waals surface area contributed by atoms with Crippen LogP contribution in [0.1, 0.15) is 73.4 Å². The fraction of sp³-hybridized carbons (Fsp3) is 0.457. The summed E-state index contributed by atoms with van der Waals surface area (Å²) in [6, 6.07) is 19.8. The molecule has 0 aliphatic carbocycles. The number of amides is 1. The average Bonchev–Trinajstić information content (AvgIpc) is 3.03. The van der Waals surface area contributed by atoms with Gasteiger partial charge in [-0.2, -0.15) is 0 Å². The van der Waals surface area contributed by atoms with E-state index in [1.807, 2.05) is 30.3 Å². The van der Waals surface area contributed by atoms with E-state index in [1.54, 1.807) is 28.4 Å². The number of carbonyl (C=O) groups excluding carboxylic acids is 1. The van der Waals surface area contributed by atoms with Crippen molar-refractivity contribution >= 4 is 5.91 Å². The Morgan fingerprint density at radius 1 is 0.833 bits per heavy atom. The maximum atomic E-state index is 14.0. The molecule has 0 radical (unpaired) electrons. The first-order valence-corrected chi connectivity index (χ1v) is 15.1. The summed E-state index contributed by atoms with van der Waals surface area (Å²) in [5, 5.41) is 3.28. The lowest BCUT2D eigenvalue weighted by molar-refractivity contribution is -0.128. The Balaban J connectivity index is 1.73. The van der Waals surface area contributed by atoms with Crippen molar-refractivity contribution < 1.29 is 23.7 Å². The molecule has 226 valence electrons. The first-order chi connectivity index (χ1) is 20.5. The number of hydrogen-bond acceptors (Lipinski definition) is 6. The molecule has 1 aliphatic rings. The van der Waals surface area contributed by atoms with E-state index < -0.39 is 6.04 Å². The minimum absolute atomic E-state index is 0.0397. The van der Waals surface area contributed by atoms with E-state index in [-0.39, 0.29) is 11.9 Å². The summed E-state index contributed by atoms with van der Waals surface area (Å²) in [6.07, 6.45) is 7.24. The Morgan fingerprint density at radius 3 is 2.19 bits per heavy atom. The van der Waals surface area contributed by atoms with Gasteiger partial charge in [-0.1, -0.05) is 69.0 Å². The first-order valence-electron chi connectivity index (χ1n) is 15.1. The smallest absolute Gasteiger partial charge is 0.241 e. The quantitative estimate of drug-likeness (QED) is 0.204. The molecule has 0 fully saturated rings. The standard InChI is InChI=1S/C35H46N2O5/c1-6-7-8-9-13-19-36-35(38)34(26-14-11-10-12-15-26)37-20-18-27-23-32(41-4)33(42-5)24-28(27)29(37)21-25-16-17-30(39-2)31(22-25)40-3/h10-12,14-17,22-24,29,34H,6-9,13,18-21H2,1-5H3,(H,36,38)/t29?,34-/m1/s1. The molecule has 4 rings (SSSR count). The molecular formula is C35H46N2O5. The van der Waals surface area contributed by atoms with Crippen LogP contribution in [-0.2, 0) is 17.6 Å². The summed E-state index contributed by atoms with van der Waals surface area (Å²) < 4.78 is 22.5. The van der Waals surface area contributed by atoms with Gasteiger partial charge in [0.25, 0.3) is 0 Å². The number of nitrogens with zero attached hydrogens (tertiary/aromatic N) is 1. The third-order valence-corrected chi connectivity index (χ3v) is 8.20. The molecule has 1 unspecified atom stereocenters. The molecule has 1 aliphatic heterocycles. The third-order valence-electron chi connectivity index (χ3n) is 8.20. The zero-order valence-corrected chi connectivity index (χ0v) is 25.8. The van der Waals surface area contributed by atoms with Gasteiger partial charge in [0.1, 0.15) is 6.04 Å². The van der Waals surface area contributed by atoms with Gasteiger partial charge in [-0.15, -0.1) is 0 Å². The lowest BCUT2D eigenvalue weighted by Crippen LogP contribution is -2.46. The summed E-state index contributed by atoms with van der Waals surface area (Å²) in [7, 11) is 6.62. The maximum Gasteiger partial charge on any atom is 0.241 e. The van der Waals surface area contributed by atoms with Gasteiger partial charge in [0, 0.05) is 19.1 Å². The number of benzene rings is 3. The maximum absolute atomic E-state index is 14.0. The average molecular weight is 575 g/mol. The number of rotatable bonds is 15. The molecule has 0 saturated heterocycles. The van der Waals surface area contributed by atoms with E-state index in [2.05, 4.69) is 47.5 Å². The highest BCUT2D eigenvalue weighted by atomic mass is 16.5. The van der Waals surface area contributed by atoms with Crippen LogP contribution in [-0.4, -0.2) is 52.3 Å². The number of methoxy groups -OCH3 is 4. The Kier molecular flexibility index (Phi) is 11.5. The second kappa shape index (κ2) is 15.5. The minimum atomic E-state index is -0.437. The first kappa shape index (κ1) is 31.2. The summed E-state index contributed by atoms with van der Waals surface area (Å²) in [5.41, 5.74) is 4.43. The number of hydrogen-bond donors (Lipinski definition) is 1. The Morgan fingerprint density at radius 2 is 1.50 bits per heavy atom. The van der Waals surface area contributed by atoms with Crippen molar-refractivity contribution in [2.75, 3.05) is 41.5 Å². The lowest BCUT2D eigenvalue weighted by Gasteiger charge is -2.42. The van der Waals surface area contributed by atoms with Crippen LogP contribution in [0.25, 0.3) is 0 Å². The van der Waals surface area contributed by atoms with E-state index in [0.29, 0.717) is 30.2 Å². The fourth-order valence-electron chi connectivity index (χ4n) is 5.98. The van der Waals surface area contributed by atoms with Crippen molar-refractivity contribution in [1.82, 2.24) is 10.2 Å². The molecule has 1 amide bonds. The highest BCUT2D eigenvalue weighted by Crippen LogP contribution is 2.43. The highest BCUT2D eigenvalue weighted by molar-refractivity contribution is 5.83. The molecule has 1 heterocycles. The van der Waals surface area contributed by atoms with Crippen molar-refractivity contribution in [3.05, 3.63) is 82.9 Å². The molecule has 42 heavy (non-hydrogen) atoms. The second-order valence-electron chi connectivity index (χ2n) is 10.8. The van der Waals surface area contributed by atoms with Gasteiger partial charge in [0.05, 0.1) is 28.4 Å². The van der Waals surface area contributed by atoms with Crippen LogP contribution in [0.4, 0.5) is 0 Å². The normalized spacial score (nSPS) is 15.4. The highest BCUT2D eigenvalue weighted by Gasteiger charge is 2.37. The van der Waals surface area contributed by atoms with Crippen LogP contribution in [0.2, 0.25) is 0 Å². The third kappa shape index (κ3) is 7.37. The van der Waals surface area contributed by atoms with E-state index in [4.69, 9.17) is 18.9 Å². The largest absolute Gasteiger partial charge is 0.493 e. The molecule has 7 heteroatoms. The van der Waals surface area contributed by atoms with Crippen LogP contribution >= 0.6 is 0 Å². The molecule has 3 aromatic carbocycles. The predicted octanol–water partition coefficient (Wildman–Crippen LogP) is 6.69. The van der Waals surface area contributed by atoms with Gasteiger partial charge in [0.2, 0.25) is 5.91 Å². The summed E-state index contributed by atoms with van der Waals surface area (Å²) in [6.45, 7) is 3.62. The van der Waals surface area contributed by atoms with E-state index in [0.717, 1.165) is 48.2 Å². The number of carbonyl (C=O) groups is 1. The molecule has 7 nitrogen and oxygen atoms in total. The fourth-order valence-corrected chi connectivity index (χ4v) is 5.98. The number of fused-ring (bicyclic) bond motifs is 1. The van der Waals surface area contributed by atoms with Gasteiger partial charge in [0.15, 0.2) is 23.0 Å². The van der Waals surface area contributed by atoms with Crippen molar-refractivity contribution in [1.29, 1.82) is 0 Å².